The van der Waals surface area contributed by atoms with Crippen LogP contribution in [0.25, 0.3) is 0 Å². The highest BCUT2D eigenvalue weighted by Gasteiger charge is 2.33. The van der Waals surface area contributed by atoms with Crippen LogP contribution in [-0.4, -0.2) is 36.5 Å². The Labute approximate surface area is 428 Å². The number of aliphatic imine (C=N–C) groups is 3. The lowest BCUT2D eigenvalue weighted by Crippen LogP contribution is -2.27. The Morgan fingerprint density at radius 3 is 0.946 bits per heavy atom. The van der Waals surface area contributed by atoms with E-state index in [9.17, 15) is 28.8 Å². The van der Waals surface area contributed by atoms with Crippen molar-refractivity contribution in [3.63, 3.8) is 0 Å². The smallest absolute Gasteiger partial charge is 0.410 e. The summed E-state index contributed by atoms with van der Waals surface area (Å²) in [6, 6.07) is 52.4. The molecule has 7 aromatic rings. The predicted molar refractivity (Wildman–Crippen MR) is 277 cm³/mol. The molecule has 0 unspecified atom stereocenters. The number of amides is 3. The lowest BCUT2D eigenvalue weighted by Gasteiger charge is -2.33. The average Bonchev–Trinajstić information content (AvgIpc) is 3.42. The minimum absolute atomic E-state index is 0.195. The number of ether oxygens (including phenoxy) is 3. The summed E-state index contributed by atoms with van der Waals surface area (Å²) in [7, 11) is 0. The van der Waals surface area contributed by atoms with Crippen molar-refractivity contribution in [3.05, 3.63) is 231 Å². The summed E-state index contributed by atoms with van der Waals surface area (Å²) in [6.45, 7) is 7.57. The first-order chi connectivity index (χ1) is 35.9. The fraction of sp³-hybridized carbons (Fsp3) is 0.186. The second-order valence-corrected chi connectivity index (χ2v) is 17.8. The Morgan fingerprint density at radius 1 is 0.392 bits per heavy atom. The molecule has 0 atom stereocenters. The van der Waals surface area contributed by atoms with Crippen molar-refractivity contribution in [2.24, 2.45) is 15.0 Å². The maximum Gasteiger partial charge on any atom is 0.412 e. The first kappa shape index (κ1) is 52.3. The van der Waals surface area contributed by atoms with E-state index in [1.54, 1.807) is 36.4 Å². The number of hydrogen-bond donors (Lipinski definition) is 3. The van der Waals surface area contributed by atoms with E-state index in [2.05, 4.69) is 76.0 Å². The third-order valence-electron chi connectivity index (χ3n) is 12.5. The van der Waals surface area contributed by atoms with Crippen molar-refractivity contribution in [3.8, 4) is 17.2 Å². The highest BCUT2D eigenvalue weighted by Crippen LogP contribution is 2.42. The maximum atomic E-state index is 12.9. The van der Waals surface area contributed by atoms with Crippen molar-refractivity contribution >= 4 is 36.5 Å². The standard InChI is InChI=1S/C59H52N6O9/c1-58(2,48-17-23-52(24-18-48)72-55(69)63-35-44-10-4-7-41(29-44)32-60-38-66)47-13-15-49(16-14-47)59(3,50-19-25-53(26-20-50)73-56(70)64-36-45-11-5-8-42(30-45)33-61-39-67)51-21-27-54(28-22-51)74-57(71)65-37-46-12-6-9-43(31-46)34-62-40-68/h4-31H,32-37H2,1-3H3,(H,63,69)(H,64,70)(H,65,71). The summed E-state index contributed by atoms with van der Waals surface area (Å²) < 4.78 is 16.9. The van der Waals surface area contributed by atoms with E-state index in [1.165, 1.54) is 18.2 Å². The Bertz CT molecular complexity index is 3110. The van der Waals surface area contributed by atoms with Crippen LogP contribution in [0.2, 0.25) is 0 Å². The molecule has 15 heteroatoms. The lowest BCUT2D eigenvalue weighted by atomic mass is 9.70. The zero-order valence-electron chi connectivity index (χ0n) is 40.9. The van der Waals surface area contributed by atoms with Crippen LogP contribution in [-0.2, 0) is 64.5 Å². The van der Waals surface area contributed by atoms with E-state index in [0.717, 1.165) is 61.2 Å². The van der Waals surface area contributed by atoms with E-state index >= 15 is 0 Å². The molecule has 3 N–H and O–H groups in total. The van der Waals surface area contributed by atoms with Crippen LogP contribution in [0.4, 0.5) is 14.4 Å². The summed E-state index contributed by atoms with van der Waals surface area (Å²) in [5.41, 5.74) is 8.42. The number of isocyanates is 3. The van der Waals surface area contributed by atoms with Crippen LogP contribution in [0.3, 0.4) is 0 Å². The third kappa shape index (κ3) is 14.1. The molecule has 0 bridgehead atoms. The average molecular weight is 989 g/mol. The molecule has 0 saturated carbocycles. The predicted octanol–water partition coefficient (Wildman–Crippen LogP) is 10.7. The minimum Gasteiger partial charge on any atom is -0.410 e. The van der Waals surface area contributed by atoms with Crippen molar-refractivity contribution < 1.29 is 43.0 Å². The van der Waals surface area contributed by atoms with Gasteiger partial charge in [0, 0.05) is 30.5 Å². The number of nitrogens with zero attached hydrogens (tertiary/aromatic N) is 3. The van der Waals surface area contributed by atoms with Gasteiger partial charge in [0.1, 0.15) is 17.2 Å². The molecule has 7 aromatic carbocycles. The van der Waals surface area contributed by atoms with Crippen LogP contribution in [0.15, 0.2) is 185 Å². The normalized spacial score (nSPS) is 11.5. The second kappa shape index (κ2) is 25.0. The Hall–Kier alpha value is -9.51. The van der Waals surface area contributed by atoms with Crippen LogP contribution in [0, 0.1) is 0 Å². The topological polar surface area (TPSA) is 203 Å². The second-order valence-electron chi connectivity index (χ2n) is 17.8. The van der Waals surface area contributed by atoms with E-state index in [4.69, 9.17) is 14.2 Å². The summed E-state index contributed by atoms with van der Waals surface area (Å²) >= 11 is 0. The van der Waals surface area contributed by atoms with Gasteiger partial charge in [0.15, 0.2) is 0 Å². The molecule has 0 radical (unpaired) electrons. The molecule has 0 aromatic heterocycles. The molecule has 0 aliphatic carbocycles. The summed E-state index contributed by atoms with van der Waals surface area (Å²) in [6.07, 6.45) is 2.71. The number of hydrogen-bond acceptors (Lipinski definition) is 12. The first-order valence-electron chi connectivity index (χ1n) is 23.5. The third-order valence-corrected chi connectivity index (χ3v) is 12.5. The van der Waals surface area contributed by atoms with Crippen LogP contribution >= 0.6 is 0 Å². The highest BCUT2D eigenvalue weighted by atomic mass is 16.6. The van der Waals surface area contributed by atoms with Crippen LogP contribution in [0.1, 0.15) is 82.0 Å². The first-order valence-corrected chi connectivity index (χ1v) is 23.5. The monoisotopic (exact) mass is 988 g/mol. The van der Waals surface area contributed by atoms with Gasteiger partial charge < -0.3 is 30.2 Å². The van der Waals surface area contributed by atoms with Gasteiger partial charge in [0.05, 0.1) is 19.6 Å². The Morgan fingerprint density at radius 2 is 0.649 bits per heavy atom. The summed E-state index contributed by atoms with van der Waals surface area (Å²) in [5.74, 6) is 1.04. The van der Waals surface area contributed by atoms with Gasteiger partial charge in [-0.15, -0.1) is 0 Å². The molecule has 3 amide bonds. The van der Waals surface area contributed by atoms with Crippen molar-refractivity contribution in [2.45, 2.75) is 70.9 Å². The number of benzene rings is 7. The van der Waals surface area contributed by atoms with Gasteiger partial charge >= 0.3 is 18.3 Å². The molecule has 0 heterocycles. The van der Waals surface area contributed by atoms with Gasteiger partial charge in [0.25, 0.3) is 0 Å². The highest BCUT2D eigenvalue weighted by molar-refractivity contribution is 5.72. The van der Waals surface area contributed by atoms with Gasteiger partial charge in [-0.2, -0.15) is 0 Å². The van der Waals surface area contributed by atoms with E-state index in [0.29, 0.717) is 17.2 Å². The molecular formula is C59H52N6O9. The largest absolute Gasteiger partial charge is 0.412 e. The fourth-order valence-electron chi connectivity index (χ4n) is 8.38. The zero-order chi connectivity index (χ0) is 52.3. The fourth-order valence-corrected chi connectivity index (χ4v) is 8.38. The molecule has 0 saturated heterocycles. The maximum absolute atomic E-state index is 12.9. The number of rotatable bonds is 20. The zero-order valence-corrected chi connectivity index (χ0v) is 40.9. The van der Waals surface area contributed by atoms with E-state index in [1.807, 2.05) is 109 Å². The van der Waals surface area contributed by atoms with Crippen molar-refractivity contribution in [1.29, 1.82) is 0 Å². The summed E-state index contributed by atoms with van der Waals surface area (Å²) in [4.78, 5) is 81.0. The minimum atomic E-state index is -0.769. The van der Waals surface area contributed by atoms with Crippen LogP contribution in [0.5, 0.6) is 17.2 Å². The molecule has 0 fully saturated rings. The molecule has 0 aliphatic heterocycles. The number of carbonyl (C=O) groups is 3. The van der Waals surface area contributed by atoms with Gasteiger partial charge in [-0.3, -0.25) is 0 Å². The van der Waals surface area contributed by atoms with Crippen molar-refractivity contribution in [1.82, 2.24) is 16.0 Å². The molecule has 7 rings (SSSR count). The van der Waals surface area contributed by atoms with Crippen molar-refractivity contribution in [2.75, 3.05) is 0 Å². The summed E-state index contributed by atoms with van der Waals surface area (Å²) in [5, 5.41) is 8.30. The Kier molecular flexibility index (Phi) is 17.7. The molecule has 15 nitrogen and oxygen atoms in total. The van der Waals surface area contributed by atoms with E-state index < -0.39 is 29.1 Å². The van der Waals surface area contributed by atoms with Gasteiger partial charge in [0.2, 0.25) is 18.2 Å². The number of nitrogens with one attached hydrogen (secondary N) is 3. The number of carbonyl (C=O) groups excluding carboxylic acids is 6. The Balaban J connectivity index is 1.06. The molecular weight excluding hydrogens is 937 g/mol. The molecule has 0 spiro atoms. The SMILES string of the molecule is CC(C)(c1ccc(OC(=O)NCc2cccc(CN=C=O)c2)cc1)c1ccc(C(C)(c2ccc(OC(=O)NCc3cccc(CN=C=O)c3)cc2)c2ccc(OC(=O)NCc3cccc(CN=C=O)c3)cc2)cc1. The molecule has 372 valence electrons. The van der Waals surface area contributed by atoms with Crippen LogP contribution < -0.4 is 30.2 Å². The van der Waals surface area contributed by atoms with E-state index in [-0.39, 0.29) is 39.3 Å². The quantitative estimate of drug-likeness (QED) is 0.0377. The lowest BCUT2D eigenvalue weighted by molar-refractivity contribution is 0.199. The molecule has 0 aliphatic rings. The van der Waals surface area contributed by atoms with Gasteiger partial charge in [-0.25, -0.2) is 43.7 Å². The molecule has 74 heavy (non-hydrogen) atoms. The van der Waals surface area contributed by atoms with Gasteiger partial charge in [-0.1, -0.05) is 147 Å². The van der Waals surface area contributed by atoms with Gasteiger partial charge in [-0.05, 0) is 105 Å².